The molecule has 0 bridgehead atoms. The van der Waals surface area contributed by atoms with Crippen LogP contribution in [-0.4, -0.2) is 54.5 Å². The molecule has 0 radical (unpaired) electrons. The average molecular weight is 375 g/mol. The van der Waals surface area contributed by atoms with Gasteiger partial charge in [-0.3, -0.25) is 4.79 Å². The van der Waals surface area contributed by atoms with Crippen molar-refractivity contribution in [1.29, 1.82) is 5.26 Å². The Balaban J connectivity index is 1.24. The molecule has 0 atom stereocenters. The molecular formula is C23H25N3O2. The molecule has 0 aliphatic carbocycles. The van der Waals surface area contributed by atoms with Crippen LogP contribution in [0.15, 0.2) is 48.5 Å². The summed E-state index contributed by atoms with van der Waals surface area (Å²) in [5, 5.41) is 9.00. The number of fused-ring (bicyclic) bond motifs is 1. The van der Waals surface area contributed by atoms with Crippen LogP contribution in [0, 0.1) is 11.3 Å². The molecule has 2 aromatic carbocycles. The SMILES string of the molecule is N#Cc1cccc(OC2CCN(CCN3CCc4ccccc4C3=O)CC2)c1. The van der Waals surface area contributed by atoms with Crippen molar-refractivity contribution in [2.75, 3.05) is 32.7 Å². The second kappa shape index (κ2) is 8.45. The Labute approximate surface area is 166 Å². The third-order valence-electron chi connectivity index (χ3n) is 5.67. The Bertz CT molecular complexity index is 881. The smallest absolute Gasteiger partial charge is 0.254 e. The third kappa shape index (κ3) is 4.18. The molecular weight excluding hydrogens is 350 g/mol. The fourth-order valence-corrected chi connectivity index (χ4v) is 4.03. The van der Waals surface area contributed by atoms with Crippen molar-refractivity contribution in [3.8, 4) is 11.8 Å². The Morgan fingerprint density at radius 3 is 2.68 bits per heavy atom. The van der Waals surface area contributed by atoms with Crippen LogP contribution in [0.5, 0.6) is 5.75 Å². The van der Waals surface area contributed by atoms with Crippen molar-refractivity contribution in [1.82, 2.24) is 9.80 Å². The number of nitriles is 1. The highest BCUT2D eigenvalue weighted by molar-refractivity contribution is 5.96. The first-order valence-electron chi connectivity index (χ1n) is 9.99. The van der Waals surface area contributed by atoms with Crippen LogP contribution in [0.25, 0.3) is 0 Å². The number of benzene rings is 2. The van der Waals surface area contributed by atoms with Crippen LogP contribution in [0.3, 0.4) is 0 Å². The van der Waals surface area contributed by atoms with Gasteiger partial charge in [0.05, 0.1) is 11.6 Å². The summed E-state index contributed by atoms with van der Waals surface area (Å²) in [7, 11) is 0. The Morgan fingerprint density at radius 1 is 1.04 bits per heavy atom. The fraction of sp³-hybridized carbons (Fsp3) is 0.391. The number of carbonyl (C=O) groups is 1. The van der Waals surface area contributed by atoms with E-state index in [-0.39, 0.29) is 12.0 Å². The number of rotatable bonds is 5. The third-order valence-corrected chi connectivity index (χ3v) is 5.67. The largest absolute Gasteiger partial charge is 0.490 e. The molecule has 5 heteroatoms. The maximum absolute atomic E-state index is 12.7. The van der Waals surface area contributed by atoms with Crippen LogP contribution in [0.1, 0.15) is 34.3 Å². The van der Waals surface area contributed by atoms with Crippen molar-refractivity contribution in [3.05, 3.63) is 65.2 Å². The molecule has 0 saturated carbocycles. The summed E-state index contributed by atoms with van der Waals surface area (Å²) < 4.78 is 6.05. The molecule has 28 heavy (non-hydrogen) atoms. The molecule has 5 nitrogen and oxygen atoms in total. The fourth-order valence-electron chi connectivity index (χ4n) is 4.03. The predicted molar refractivity (Wildman–Crippen MR) is 107 cm³/mol. The van der Waals surface area contributed by atoms with E-state index in [9.17, 15) is 4.79 Å². The highest BCUT2D eigenvalue weighted by atomic mass is 16.5. The Morgan fingerprint density at radius 2 is 1.86 bits per heavy atom. The summed E-state index contributed by atoms with van der Waals surface area (Å²) in [6, 6.07) is 17.4. The monoisotopic (exact) mass is 375 g/mol. The molecule has 4 rings (SSSR count). The summed E-state index contributed by atoms with van der Waals surface area (Å²) in [5.74, 6) is 0.938. The van der Waals surface area contributed by atoms with E-state index in [2.05, 4.69) is 17.0 Å². The second-order valence-corrected chi connectivity index (χ2v) is 7.50. The van der Waals surface area contributed by atoms with Crippen LogP contribution in [-0.2, 0) is 6.42 Å². The molecule has 2 heterocycles. The number of nitrogens with zero attached hydrogens (tertiary/aromatic N) is 3. The summed E-state index contributed by atoms with van der Waals surface area (Å²) in [5.41, 5.74) is 2.66. The van der Waals surface area contributed by atoms with Gasteiger partial charge in [0, 0.05) is 38.3 Å². The lowest BCUT2D eigenvalue weighted by Crippen LogP contribution is -2.45. The number of hydrogen-bond acceptors (Lipinski definition) is 4. The maximum Gasteiger partial charge on any atom is 0.254 e. The van der Waals surface area contributed by atoms with E-state index in [1.807, 2.05) is 35.2 Å². The van der Waals surface area contributed by atoms with Crippen molar-refractivity contribution >= 4 is 5.91 Å². The Hall–Kier alpha value is -2.84. The zero-order chi connectivity index (χ0) is 19.3. The van der Waals surface area contributed by atoms with Gasteiger partial charge in [0.25, 0.3) is 5.91 Å². The van der Waals surface area contributed by atoms with Gasteiger partial charge in [-0.1, -0.05) is 24.3 Å². The average Bonchev–Trinajstić information content (AvgIpc) is 2.75. The lowest BCUT2D eigenvalue weighted by Gasteiger charge is -2.35. The van der Waals surface area contributed by atoms with Gasteiger partial charge in [-0.05, 0) is 49.1 Å². The number of ether oxygens (including phenoxy) is 1. The zero-order valence-electron chi connectivity index (χ0n) is 16.0. The quantitative estimate of drug-likeness (QED) is 0.806. The molecule has 2 aliphatic rings. The first kappa shape index (κ1) is 18.5. The highest BCUT2D eigenvalue weighted by Gasteiger charge is 2.25. The topological polar surface area (TPSA) is 56.6 Å². The summed E-state index contributed by atoms with van der Waals surface area (Å²) in [4.78, 5) is 17.1. The van der Waals surface area contributed by atoms with Gasteiger partial charge in [0.1, 0.15) is 11.9 Å². The minimum atomic E-state index is 0.164. The molecule has 1 amide bonds. The van der Waals surface area contributed by atoms with Crippen molar-refractivity contribution in [2.24, 2.45) is 0 Å². The predicted octanol–water partition coefficient (Wildman–Crippen LogP) is 3.10. The molecule has 0 spiro atoms. The van der Waals surface area contributed by atoms with Crippen molar-refractivity contribution < 1.29 is 9.53 Å². The molecule has 0 N–H and O–H groups in total. The molecule has 1 fully saturated rings. The molecule has 144 valence electrons. The van der Waals surface area contributed by atoms with E-state index < -0.39 is 0 Å². The van der Waals surface area contributed by atoms with Gasteiger partial charge in [-0.15, -0.1) is 0 Å². The van der Waals surface area contributed by atoms with E-state index in [4.69, 9.17) is 10.00 Å². The molecule has 2 aliphatic heterocycles. The van der Waals surface area contributed by atoms with E-state index >= 15 is 0 Å². The summed E-state index contributed by atoms with van der Waals surface area (Å²) in [6.45, 7) is 4.44. The number of likely N-dealkylation sites (tertiary alicyclic amines) is 1. The summed E-state index contributed by atoms with van der Waals surface area (Å²) >= 11 is 0. The standard InChI is InChI=1S/C23H25N3O2/c24-17-18-4-3-6-21(16-18)28-20-9-11-25(12-10-20)14-15-26-13-8-19-5-1-2-7-22(19)23(26)27/h1-7,16,20H,8-15H2. The number of carbonyl (C=O) groups excluding carboxylic acids is 1. The van der Waals surface area contributed by atoms with Crippen LogP contribution >= 0.6 is 0 Å². The molecule has 2 aromatic rings. The van der Waals surface area contributed by atoms with Crippen LogP contribution in [0.2, 0.25) is 0 Å². The van der Waals surface area contributed by atoms with E-state index in [0.29, 0.717) is 5.56 Å². The van der Waals surface area contributed by atoms with E-state index in [1.165, 1.54) is 5.56 Å². The molecule has 0 unspecified atom stereocenters. The second-order valence-electron chi connectivity index (χ2n) is 7.50. The van der Waals surface area contributed by atoms with Gasteiger partial charge >= 0.3 is 0 Å². The first-order valence-corrected chi connectivity index (χ1v) is 9.99. The normalized spacial score (nSPS) is 17.8. The minimum absolute atomic E-state index is 0.164. The summed E-state index contributed by atoms with van der Waals surface area (Å²) in [6.07, 6.45) is 3.06. The molecule has 0 aromatic heterocycles. The van der Waals surface area contributed by atoms with Crippen molar-refractivity contribution in [2.45, 2.75) is 25.4 Å². The van der Waals surface area contributed by atoms with Gasteiger partial charge in [-0.2, -0.15) is 5.26 Å². The molecule has 1 saturated heterocycles. The maximum atomic E-state index is 12.7. The van der Waals surface area contributed by atoms with Gasteiger partial charge in [0.15, 0.2) is 0 Å². The minimum Gasteiger partial charge on any atom is -0.490 e. The number of amides is 1. The lowest BCUT2D eigenvalue weighted by atomic mass is 9.99. The number of hydrogen-bond donors (Lipinski definition) is 0. The van der Waals surface area contributed by atoms with Crippen molar-refractivity contribution in [3.63, 3.8) is 0 Å². The van der Waals surface area contributed by atoms with E-state index in [0.717, 1.165) is 63.3 Å². The first-order chi connectivity index (χ1) is 13.7. The van der Waals surface area contributed by atoms with E-state index in [1.54, 1.807) is 12.1 Å². The van der Waals surface area contributed by atoms with Gasteiger partial charge < -0.3 is 14.5 Å². The number of piperidine rings is 1. The Kier molecular flexibility index (Phi) is 5.59. The lowest BCUT2D eigenvalue weighted by molar-refractivity contribution is 0.0667. The van der Waals surface area contributed by atoms with Crippen LogP contribution < -0.4 is 4.74 Å². The van der Waals surface area contributed by atoms with Crippen LogP contribution in [0.4, 0.5) is 0 Å². The zero-order valence-corrected chi connectivity index (χ0v) is 16.0. The van der Waals surface area contributed by atoms with Gasteiger partial charge in [-0.25, -0.2) is 0 Å². The highest BCUT2D eigenvalue weighted by Crippen LogP contribution is 2.21. The van der Waals surface area contributed by atoms with Gasteiger partial charge in [0.2, 0.25) is 0 Å².